The summed E-state index contributed by atoms with van der Waals surface area (Å²) in [6, 6.07) is 13.8. The second-order valence-electron chi connectivity index (χ2n) is 7.65. The Hall–Kier alpha value is -2.61. The predicted molar refractivity (Wildman–Crippen MR) is 117 cm³/mol. The van der Waals surface area contributed by atoms with E-state index in [1.165, 1.54) is 12.1 Å². The van der Waals surface area contributed by atoms with Gasteiger partial charge < -0.3 is 20.0 Å². The molecule has 30 heavy (non-hydrogen) atoms. The largest absolute Gasteiger partial charge is 0.324 e. The Morgan fingerprint density at radius 3 is 2.43 bits per heavy atom. The van der Waals surface area contributed by atoms with Crippen LogP contribution < -0.4 is 5.32 Å². The van der Waals surface area contributed by atoms with Gasteiger partial charge in [0, 0.05) is 43.2 Å². The molecule has 2 aliphatic heterocycles. The lowest BCUT2D eigenvalue weighted by atomic mass is 10.0. The monoisotopic (exact) mass is 474 g/mol. The summed E-state index contributed by atoms with van der Waals surface area (Å²) in [5, 5.41) is 2.94. The average Bonchev–Trinajstić information content (AvgIpc) is 3.11. The van der Waals surface area contributed by atoms with Gasteiger partial charge in [0.2, 0.25) is 0 Å². The highest BCUT2D eigenvalue weighted by Gasteiger charge is 2.36. The molecule has 4 rings (SSSR count). The number of hydrogen-bond acceptors (Lipinski definition) is 2. The fraction of sp³-hybridized carbons (Fsp3) is 0.364. The summed E-state index contributed by atoms with van der Waals surface area (Å²) in [7, 11) is 0. The number of urea groups is 2. The Balaban J connectivity index is 1.29. The maximum atomic E-state index is 13.1. The molecule has 0 aliphatic carbocycles. The van der Waals surface area contributed by atoms with Gasteiger partial charge in [-0.05, 0) is 58.6 Å². The van der Waals surface area contributed by atoms with Gasteiger partial charge in [-0.1, -0.05) is 24.3 Å². The van der Waals surface area contributed by atoms with Crippen molar-refractivity contribution in [3.05, 3.63) is 64.4 Å². The molecular formula is C22H24BrFN4O2. The lowest BCUT2D eigenvalue weighted by molar-refractivity contribution is 0.139. The molecule has 8 heteroatoms. The number of carbonyl (C=O) groups excluding carboxylic acids is 2. The van der Waals surface area contributed by atoms with Crippen molar-refractivity contribution in [1.29, 1.82) is 0 Å². The molecule has 2 aliphatic rings. The highest BCUT2D eigenvalue weighted by atomic mass is 79.9. The van der Waals surface area contributed by atoms with E-state index in [1.54, 1.807) is 21.9 Å². The lowest BCUT2D eigenvalue weighted by Crippen LogP contribution is -2.49. The van der Waals surface area contributed by atoms with Crippen LogP contribution in [0.4, 0.5) is 19.7 Å². The summed E-state index contributed by atoms with van der Waals surface area (Å²) in [4.78, 5) is 30.9. The minimum atomic E-state index is -0.274. The van der Waals surface area contributed by atoms with Crippen LogP contribution in [0.15, 0.2) is 53.0 Å². The molecule has 0 saturated carbocycles. The molecule has 6 nitrogen and oxygen atoms in total. The Morgan fingerprint density at radius 1 is 1.03 bits per heavy atom. The first-order valence-electron chi connectivity index (χ1n) is 10.1. The number of piperidine rings is 1. The molecule has 1 N–H and O–H groups in total. The first-order chi connectivity index (χ1) is 14.5. The number of nitrogens with one attached hydrogen (secondary N) is 1. The van der Waals surface area contributed by atoms with Crippen LogP contribution in [0.25, 0.3) is 0 Å². The Morgan fingerprint density at radius 2 is 1.73 bits per heavy atom. The standard InChI is InChI=1S/C22H24BrFN4O2/c23-19-3-1-2-4-20(19)25-21(29)26-11-9-18(10-12-26)28-14-13-27(22(28)30)15-16-5-7-17(24)8-6-16/h1-8,18H,9-15H2,(H,25,29). The topological polar surface area (TPSA) is 55.9 Å². The van der Waals surface area contributed by atoms with Gasteiger partial charge in [-0.3, -0.25) is 0 Å². The summed E-state index contributed by atoms with van der Waals surface area (Å²) in [5.74, 6) is -0.274. The van der Waals surface area contributed by atoms with E-state index in [0.717, 1.165) is 28.6 Å². The van der Waals surface area contributed by atoms with Gasteiger partial charge in [-0.15, -0.1) is 0 Å². The van der Waals surface area contributed by atoms with Crippen LogP contribution >= 0.6 is 15.9 Å². The molecule has 0 atom stereocenters. The van der Waals surface area contributed by atoms with E-state index in [1.807, 2.05) is 29.2 Å². The minimum Gasteiger partial charge on any atom is -0.324 e. The average molecular weight is 475 g/mol. The quantitative estimate of drug-likeness (QED) is 0.707. The maximum absolute atomic E-state index is 13.1. The van der Waals surface area contributed by atoms with Crippen LogP contribution in [0.3, 0.4) is 0 Å². The van der Waals surface area contributed by atoms with Crippen molar-refractivity contribution in [2.45, 2.75) is 25.4 Å². The van der Waals surface area contributed by atoms with E-state index in [2.05, 4.69) is 21.2 Å². The number of para-hydroxylation sites is 1. The van der Waals surface area contributed by atoms with Crippen molar-refractivity contribution >= 4 is 33.7 Å². The van der Waals surface area contributed by atoms with Gasteiger partial charge >= 0.3 is 12.1 Å². The van der Waals surface area contributed by atoms with Gasteiger partial charge in [-0.25, -0.2) is 14.0 Å². The number of amides is 4. The summed E-state index contributed by atoms with van der Waals surface area (Å²) in [5.41, 5.74) is 1.67. The summed E-state index contributed by atoms with van der Waals surface area (Å²) in [6.45, 7) is 3.07. The third-order valence-corrected chi connectivity index (χ3v) is 6.41. The summed E-state index contributed by atoms with van der Waals surface area (Å²) < 4.78 is 13.9. The van der Waals surface area contributed by atoms with Crippen molar-refractivity contribution in [2.75, 3.05) is 31.5 Å². The molecular weight excluding hydrogens is 451 g/mol. The Kier molecular flexibility index (Phi) is 6.22. The zero-order valence-corrected chi connectivity index (χ0v) is 18.1. The normalized spacial score (nSPS) is 17.5. The number of halogens is 2. The first kappa shape index (κ1) is 20.7. The van der Waals surface area contributed by atoms with E-state index in [4.69, 9.17) is 0 Å². The molecule has 2 aromatic rings. The Labute approximate surface area is 183 Å². The van der Waals surface area contributed by atoms with Crippen molar-refractivity contribution in [1.82, 2.24) is 14.7 Å². The van der Waals surface area contributed by atoms with Crippen molar-refractivity contribution in [3.8, 4) is 0 Å². The van der Waals surface area contributed by atoms with E-state index >= 15 is 0 Å². The smallest absolute Gasteiger partial charge is 0.321 e. The van der Waals surface area contributed by atoms with Gasteiger partial charge in [0.15, 0.2) is 0 Å². The van der Waals surface area contributed by atoms with Crippen LogP contribution in [0.5, 0.6) is 0 Å². The van der Waals surface area contributed by atoms with Crippen molar-refractivity contribution in [2.24, 2.45) is 0 Å². The third kappa shape index (κ3) is 4.59. The van der Waals surface area contributed by atoms with Crippen LogP contribution in [0.1, 0.15) is 18.4 Å². The molecule has 0 spiro atoms. The fourth-order valence-corrected chi connectivity index (χ4v) is 4.42. The number of benzene rings is 2. The zero-order chi connectivity index (χ0) is 21.1. The van der Waals surface area contributed by atoms with Gasteiger partial charge in [0.1, 0.15) is 5.82 Å². The minimum absolute atomic E-state index is 0.0236. The molecule has 2 heterocycles. The Bertz CT molecular complexity index is 916. The van der Waals surface area contributed by atoms with Crippen LogP contribution in [-0.4, -0.2) is 59.0 Å². The number of likely N-dealkylation sites (tertiary alicyclic amines) is 1. The SMILES string of the molecule is O=C(Nc1ccccc1Br)N1CCC(N2CCN(Cc3ccc(F)cc3)C2=O)CC1. The van der Waals surface area contributed by atoms with Crippen LogP contribution in [-0.2, 0) is 6.54 Å². The molecule has 2 saturated heterocycles. The maximum Gasteiger partial charge on any atom is 0.321 e. The van der Waals surface area contributed by atoms with E-state index in [-0.39, 0.29) is 23.9 Å². The predicted octanol–water partition coefficient (Wildman–Crippen LogP) is 4.52. The molecule has 0 unspecified atom stereocenters. The van der Waals surface area contributed by atoms with Gasteiger partial charge in [-0.2, -0.15) is 0 Å². The summed E-state index contributed by atoms with van der Waals surface area (Å²) in [6.07, 6.45) is 1.53. The molecule has 2 fully saturated rings. The first-order valence-corrected chi connectivity index (χ1v) is 10.9. The van der Waals surface area contributed by atoms with E-state index < -0.39 is 0 Å². The molecule has 0 bridgehead atoms. The van der Waals surface area contributed by atoms with Crippen LogP contribution in [0.2, 0.25) is 0 Å². The fourth-order valence-electron chi connectivity index (χ4n) is 4.03. The second-order valence-corrected chi connectivity index (χ2v) is 8.51. The van der Waals surface area contributed by atoms with Crippen molar-refractivity contribution < 1.29 is 14.0 Å². The molecule has 158 valence electrons. The second kappa shape index (κ2) is 9.04. The molecule has 4 amide bonds. The van der Waals surface area contributed by atoms with Gasteiger partial charge in [0.05, 0.1) is 5.69 Å². The molecule has 0 aromatic heterocycles. The highest BCUT2D eigenvalue weighted by Crippen LogP contribution is 2.25. The van der Waals surface area contributed by atoms with Crippen molar-refractivity contribution in [3.63, 3.8) is 0 Å². The summed E-state index contributed by atoms with van der Waals surface area (Å²) >= 11 is 3.44. The molecule has 2 aromatic carbocycles. The number of anilines is 1. The van der Waals surface area contributed by atoms with E-state index in [9.17, 15) is 14.0 Å². The number of hydrogen-bond donors (Lipinski definition) is 1. The molecule has 0 radical (unpaired) electrons. The van der Waals surface area contributed by atoms with Gasteiger partial charge in [0.25, 0.3) is 0 Å². The van der Waals surface area contributed by atoms with E-state index in [0.29, 0.717) is 32.7 Å². The lowest BCUT2D eigenvalue weighted by Gasteiger charge is -2.36. The number of carbonyl (C=O) groups is 2. The van der Waals surface area contributed by atoms with Crippen LogP contribution in [0, 0.1) is 5.82 Å². The number of rotatable bonds is 4. The number of nitrogens with zero attached hydrogens (tertiary/aromatic N) is 3. The third-order valence-electron chi connectivity index (χ3n) is 5.72. The zero-order valence-electron chi connectivity index (χ0n) is 16.6. The highest BCUT2D eigenvalue weighted by molar-refractivity contribution is 9.10.